The fourth-order valence-electron chi connectivity index (χ4n) is 2.23. The molecule has 1 fully saturated rings. The van der Waals surface area contributed by atoms with E-state index in [9.17, 15) is 20.1 Å². The molecule has 0 aliphatic carbocycles. The molecule has 1 aliphatic rings. The maximum absolute atomic E-state index is 11.3. The first kappa shape index (κ1) is 18.5. The van der Waals surface area contributed by atoms with Crippen LogP contribution < -0.4 is 0 Å². The molecule has 4 N–H and O–H groups in total. The highest BCUT2D eigenvalue weighted by Crippen LogP contribution is 2.22. The van der Waals surface area contributed by atoms with Crippen LogP contribution in [0.2, 0.25) is 0 Å². The molecule has 0 spiro atoms. The molecule has 5 unspecified atom stereocenters. The molecule has 0 aromatic heterocycles. The topological polar surface area (TPSA) is 116 Å². The molecule has 21 heavy (non-hydrogen) atoms. The molecule has 0 aromatic carbocycles. The number of rotatable bonds is 9. The van der Waals surface area contributed by atoms with E-state index in [0.717, 1.165) is 6.42 Å². The van der Waals surface area contributed by atoms with Gasteiger partial charge < -0.3 is 29.9 Å². The number of Topliss-reactive ketones (excluding diaryl/α,β-unsaturated/α-hetero) is 1. The van der Waals surface area contributed by atoms with Gasteiger partial charge >= 0.3 is 0 Å². The molecule has 0 aromatic rings. The van der Waals surface area contributed by atoms with Gasteiger partial charge in [-0.2, -0.15) is 0 Å². The summed E-state index contributed by atoms with van der Waals surface area (Å²) in [4.78, 5) is 11.3. The summed E-state index contributed by atoms with van der Waals surface area (Å²) in [5.41, 5.74) is 0. The van der Waals surface area contributed by atoms with Gasteiger partial charge in [0.05, 0.1) is 6.61 Å². The molecule has 0 radical (unpaired) electrons. The molecular formula is C14H26O7. The van der Waals surface area contributed by atoms with Crippen LogP contribution in [0.15, 0.2) is 0 Å². The first-order valence-corrected chi connectivity index (χ1v) is 7.45. The van der Waals surface area contributed by atoms with Crippen LogP contribution in [0, 0.1) is 0 Å². The number of aliphatic hydroxyl groups is 4. The van der Waals surface area contributed by atoms with Crippen molar-refractivity contribution in [2.45, 2.75) is 69.7 Å². The van der Waals surface area contributed by atoms with Gasteiger partial charge in [0.15, 0.2) is 6.29 Å². The average molecular weight is 306 g/mol. The van der Waals surface area contributed by atoms with Gasteiger partial charge in [-0.25, -0.2) is 0 Å². The minimum atomic E-state index is -1.42. The second-order valence-electron chi connectivity index (χ2n) is 5.31. The van der Waals surface area contributed by atoms with Gasteiger partial charge in [0.2, 0.25) is 0 Å². The fraction of sp³-hybridized carbons (Fsp3) is 0.929. The third-order valence-electron chi connectivity index (χ3n) is 3.51. The van der Waals surface area contributed by atoms with Crippen LogP contribution in [0.1, 0.15) is 39.0 Å². The first-order valence-electron chi connectivity index (χ1n) is 7.45. The Morgan fingerprint density at radius 2 is 1.81 bits per heavy atom. The van der Waals surface area contributed by atoms with Crippen molar-refractivity contribution in [3.63, 3.8) is 0 Å². The monoisotopic (exact) mass is 306 g/mol. The number of ether oxygens (including phenoxy) is 2. The van der Waals surface area contributed by atoms with E-state index in [2.05, 4.69) is 0 Å². The maximum Gasteiger partial charge on any atom is 0.186 e. The molecule has 0 amide bonds. The Morgan fingerprint density at radius 1 is 1.10 bits per heavy atom. The van der Waals surface area contributed by atoms with Crippen LogP contribution in [0.5, 0.6) is 0 Å². The first-order chi connectivity index (χ1) is 10.0. The summed E-state index contributed by atoms with van der Waals surface area (Å²) in [7, 11) is 0. The molecule has 0 bridgehead atoms. The Morgan fingerprint density at radius 3 is 2.43 bits per heavy atom. The Kier molecular flexibility index (Phi) is 8.31. The summed E-state index contributed by atoms with van der Waals surface area (Å²) in [6, 6.07) is 0. The molecule has 1 rings (SSSR count). The van der Waals surface area contributed by atoms with E-state index in [1.807, 2.05) is 6.92 Å². The highest BCUT2D eigenvalue weighted by atomic mass is 16.7. The van der Waals surface area contributed by atoms with Gasteiger partial charge in [-0.1, -0.05) is 6.92 Å². The second kappa shape index (κ2) is 9.45. The number of ketones is 1. The Labute approximate surface area is 124 Å². The smallest absolute Gasteiger partial charge is 0.186 e. The molecule has 1 saturated heterocycles. The molecule has 1 aliphatic heterocycles. The third-order valence-corrected chi connectivity index (χ3v) is 3.51. The van der Waals surface area contributed by atoms with Crippen molar-refractivity contribution in [3.8, 4) is 0 Å². The Hall–Kier alpha value is -0.570. The minimum Gasteiger partial charge on any atom is -0.394 e. The zero-order valence-corrected chi connectivity index (χ0v) is 12.4. The number of aliphatic hydroxyl groups excluding tert-OH is 4. The van der Waals surface area contributed by atoms with Gasteiger partial charge in [-0.05, 0) is 19.3 Å². The van der Waals surface area contributed by atoms with Gasteiger partial charge in [0.25, 0.3) is 0 Å². The highest BCUT2D eigenvalue weighted by Gasteiger charge is 2.43. The molecule has 124 valence electrons. The summed E-state index contributed by atoms with van der Waals surface area (Å²) in [6.07, 6.45) is -2.96. The van der Waals surface area contributed by atoms with E-state index in [-0.39, 0.29) is 12.4 Å². The summed E-state index contributed by atoms with van der Waals surface area (Å²) in [5, 5.41) is 38.0. The van der Waals surface area contributed by atoms with Crippen LogP contribution in [0.3, 0.4) is 0 Å². The van der Waals surface area contributed by atoms with E-state index < -0.39 is 37.3 Å². The van der Waals surface area contributed by atoms with Gasteiger partial charge in [-0.3, -0.25) is 4.79 Å². The standard InChI is InChI=1S/C14H26O7/c1-2-5-9(16)6-3-4-7-20-14-13(19)12(18)11(17)10(8-15)21-14/h10-15,17-19H,2-8H2,1H3. The van der Waals surface area contributed by atoms with Crippen molar-refractivity contribution < 1.29 is 34.7 Å². The number of carbonyl (C=O) groups excluding carboxylic acids is 1. The van der Waals surface area contributed by atoms with Crippen LogP contribution in [0.25, 0.3) is 0 Å². The lowest BCUT2D eigenvalue weighted by atomic mass is 9.99. The molecule has 5 atom stereocenters. The lowest BCUT2D eigenvalue weighted by Gasteiger charge is -2.39. The fourth-order valence-corrected chi connectivity index (χ4v) is 2.23. The van der Waals surface area contributed by atoms with Gasteiger partial charge in [0.1, 0.15) is 30.2 Å². The van der Waals surface area contributed by atoms with E-state index in [0.29, 0.717) is 25.7 Å². The Bertz CT molecular complexity index is 308. The van der Waals surface area contributed by atoms with E-state index in [4.69, 9.17) is 14.6 Å². The van der Waals surface area contributed by atoms with Crippen molar-refractivity contribution >= 4 is 5.78 Å². The van der Waals surface area contributed by atoms with E-state index in [1.54, 1.807) is 0 Å². The van der Waals surface area contributed by atoms with Crippen LogP contribution in [-0.4, -0.2) is 70.1 Å². The minimum absolute atomic E-state index is 0.227. The predicted octanol–water partition coefficient (Wildman–Crippen LogP) is -0.658. The van der Waals surface area contributed by atoms with Crippen molar-refractivity contribution in [1.82, 2.24) is 0 Å². The molecule has 7 heteroatoms. The SMILES string of the molecule is CCCC(=O)CCCCOC1OC(CO)C(O)C(O)C1O. The average Bonchev–Trinajstić information content (AvgIpc) is 2.47. The number of unbranched alkanes of at least 4 members (excludes halogenated alkanes) is 1. The predicted molar refractivity (Wildman–Crippen MR) is 73.5 cm³/mol. The van der Waals surface area contributed by atoms with Gasteiger partial charge in [-0.15, -0.1) is 0 Å². The normalized spacial score (nSPS) is 33.1. The number of hydrogen-bond acceptors (Lipinski definition) is 7. The summed E-state index contributed by atoms with van der Waals surface area (Å²) in [6.45, 7) is 1.75. The van der Waals surface area contributed by atoms with E-state index >= 15 is 0 Å². The lowest BCUT2D eigenvalue weighted by Crippen LogP contribution is -2.59. The van der Waals surface area contributed by atoms with Crippen molar-refractivity contribution in [2.24, 2.45) is 0 Å². The summed E-state index contributed by atoms with van der Waals surface area (Å²) in [5.74, 6) is 0.227. The molecule has 7 nitrogen and oxygen atoms in total. The van der Waals surface area contributed by atoms with Gasteiger partial charge in [0, 0.05) is 19.4 Å². The number of carbonyl (C=O) groups is 1. The highest BCUT2D eigenvalue weighted by molar-refractivity contribution is 5.78. The lowest BCUT2D eigenvalue weighted by molar-refractivity contribution is -0.301. The van der Waals surface area contributed by atoms with Crippen molar-refractivity contribution in [1.29, 1.82) is 0 Å². The largest absolute Gasteiger partial charge is 0.394 e. The Balaban J connectivity index is 2.26. The van der Waals surface area contributed by atoms with Crippen molar-refractivity contribution in [3.05, 3.63) is 0 Å². The second-order valence-corrected chi connectivity index (χ2v) is 5.31. The number of hydrogen-bond donors (Lipinski definition) is 4. The zero-order chi connectivity index (χ0) is 15.8. The van der Waals surface area contributed by atoms with Crippen LogP contribution in [-0.2, 0) is 14.3 Å². The quantitative estimate of drug-likeness (QED) is 0.418. The van der Waals surface area contributed by atoms with Crippen molar-refractivity contribution in [2.75, 3.05) is 13.2 Å². The summed E-state index contributed by atoms with van der Waals surface area (Å²) < 4.78 is 10.5. The molecule has 1 heterocycles. The molecular weight excluding hydrogens is 280 g/mol. The summed E-state index contributed by atoms with van der Waals surface area (Å²) >= 11 is 0. The van der Waals surface area contributed by atoms with Crippen LogP contribution >= 0.6 is 0 Å². The van der Waals surface area contributed by atoms with Crippen LogP contribution in [0.4, 0.5) is 0 Å². The maximum atomic E-state index is 11.3. The molecule has 0 saturated carbocycles. The zero-order valence-electron chi connectivity index (χ0n) is 12.4. The third kappa shape index (κ3) is 5.61. The van der Waals surface area contributed by atoms with E-state index in [1.165, 1.54) is 0 Å².